The molecule has 2 aromatic rings. The molecule has 1 fully saturated rings. The second kappa shape index (κ2) is 8.92. The summed E-state index contributed by atoms with van der Waals surface area (Å²) in [5.41, 5.74) is 0.935. The Kier molecular flexibility index (Phi) is 6.54. The van der Waals surface area contributed by atoms with Crippen LogP contribution in [-0.4, -0.2) is 38.8 Å². The fraction of sp³-hybridized carbons (Fsp3) is 0.381. The van der Waals surface area contributed by atoms with E-state index in [9.17, 15) is 17.6 Å². The number of carbonyl (C=O) groups is 1. The highest BCUT2D eigenvalue weighted by Gasteiger charge is 2.26. The van der Waals surface area contributed by atoms with Crippen LogP contribution in [0.4, 0.5) is 4.39 Å². The highest BCUT2D eigenvalue weighted by molar-refractivity contribution is 7.89. The van der Waals surface area contributed by atoms with Gasteiger partial charge in [0.1, 0.15) is 0 Å². The number of sulfonamides is 1. The molecular formula is C21H25FN2O4S. The van der Waals surface area contributed by atoms with Gasteiger partial charge in [0.25, 0.3) is 5.91 Å². The van der Waals surface area contributed by atoms with E-state index in [1.807, 2.05) is 0 Å². The van der Waals surface area contributed by atoms with Crippen LogP contribution < -0.4 is 10.1 Å². The molecule has 8 heteroatoms. The van der Waals surface area contributed by atoms with E-state index in [0.717, 1.165) is 19.3 Å². The first-order valence-electron chi connectivity index (χ1n) is 9.57. The molecule has 1 aliphatic heterocycles. The summed E-state index contributed by atoms with van der Waals surface area (Å²) >= 11 is 0. The van der Waals surface area contributed by atoms with Gasteiger partial charge in [-0.25, -0.2) is 12.8 Å². The quantitative estimate of drug-likeness (QED) is 0.776. The van der Waals surface area contributed by atoms with E-state index >= 15 is 0 Å². The van der Waals surface area contributed by atoms with E-state index in [0.29, 0.717) is 24.2 Å². The van der Waals surface area contributed by atoms with Crippen LogP contribution in [0.5, 0.6) is 5.75 Å². The lowest BCUT2D eigenvalue weighted by Crippen LogP contribution is -2.35. The summed E-state index contributed by atoms with van der Waals surface area (Å²) in [6, 6.07) is 9.97. The maximum atomic E-state index is 13.9. The zero-order valence-electron chi connectivity index (χ0n) is 16.5. The monoisotopic (exact) mass is 420 g/mol. The summed E-state index contributed by atoms with van der Waals surface area (Å²) in [6.45, 7) is 2.80. The van der Waals surface area contributed by atoms with Gasteiger partial charge in [0, 0.05) is 18.7 Å². The number of hydrogen-bond acceptors (Lipinski definition) is 4. The largest absolute Gasteiger partial charge is 0.494 e. The van der Waals surface area contributed by atoms with Gasteiger partial charge >= 0.3 is 0 Å². The first kappa shape index (κ1) is 21.3. The van der Waals surface area contributed by atoms with Crippen molar-refractivity contribution < 1.29 is 22.3 Å². The van der Waals surface area contributed by atoms with E-state index in [4.69, 9.17) is 4.74 Å². The summed E-state index contributed by atoms with van der Waals surface area (Å²) < 4.78 is 45.7. The normalized spacial score (nSPS) is 16.2. The Labute approximate surface area is 170 Å². The predicted molar refractivity (Wildman–Crippen MR) is 108 cm³/mol. The van der Waals surface area contributed by atoms with Gasteiger partial charge in [0.15, 0.2) is 11.6 Å². The van der Waals surface area contributed by atoms with Crippen LogP contribution in [0.15, 0.2) is 47.4 Å². The van der Waals surface area contributed by atoms with Crippen LogP contribution in [0.3, 0.4) is 0 Å². The van der Waals surface area contributed by atoms with Crippen LogP contribution >= 0.6 is 0 Å². The number of nitrogens with zero attached hydrogens (tertiary/aromatic N) is 1. The molecule has 0 saturated carbocycles. The first-order chi connectivity index (χ1) is 13.8. The molecule has 3 rings (SSSR count). The van der Waals surface area contributed by atoms with Gasteiger partial charge in [0.05, 0.1) is 18.0 Å². The van der Waals surface area contributed by atoms with Gasteiger partial charge in [-0.15, -0.1) is 0 Å². The Balaban J connectivity index is 1.69. The molecule has 29 heavy (non-hydrogen) atoms. The van der Waals surface area contributed by atoms with Crippen LogP contribution in [-0.2, 0) is 10.0 Å². The van der Waals surface area contributed by atoms with Crippen molar-refractivity contribution in [3.8, 4) is 5.75 Å². The van der Waals surface area contributed by atoms with Gasteiger partial charge in [0.2, 0.25) is 10.0 Å². The molecule has 0 spiro atoms. The molecule has 1 atom stereocenters. The number of ether oxygens (including phenoxy) is 1. The van der Waals surface area contributed by atoms with Crippen molar-refractivity contribution in [3.05, 3.63) is 59.4 Å². The molecule has 0 aliphatic carbocycles. The van der Waals surface area contributed by atoms with Crippen molar-refractivity contribution in [1.29, 1.82) is 0 Å². The topological polar surface area (TPSA) is 75.7 Å². The molecule has 0 radical (unpaired) electrons. The van der Waals surface area contributed by atoms with Gasteiger partial charge < -0.3 is 10.1 Å². The minimum absolute atomic E-state index is 0.137. The number of benzene rings is 2. The Morgan fingerprint density at radius 3 is 2.34 bits per heavy atom. The maximum absolute atomic E-state index is 13.9. The standard InChI is InChI=1S/C21H25FN2O4S/c1-15(17-8-11-20(28-2)19(22)14-17)23-21(25)16-6-9-18(10-7-16)29(26,27)24-12-4-3-5-13-24/h6-11,14-15H,3-5,12-13H2,1-2H3,(H,23,25). The van der Waals surface area contributed by atoms with E-state index < -0.39 is 21.9 Å². The van der Waals surface area contributed by atoms with Crippen LogP contribution in [0.2, 0.25) is 0 Å². The third-order valence-corrected chi connectivity index (χ3v) is 7.01. The molecule has 156 valence electrons. The molecule has 1 unspecified atom stereocenters. The van der Waals surface area contributed by atoms with Crippen molar-refractivity contribution in [1.82, 2.24) is 9.62 Å². The van der Waals surface area contributed by atoms with Gasteiger partial charge in [-0.3, -0.25) is 4.79 Å². The van der Waals surface area contributed by atoms with Crippen molar-refractivity contribution in [2.75, 3.05) is 20.2 Å². The van der Waals surface area contributed by atoms with Crippen molar-refractivity contribution in [2.24, 2.45) is 0 Å². The molecule has 1 aliphatic rings. The lowest BCUT2D eigenvalue weighted by atomic mass is 10.1. The summed E-state index contributed by atoms with van der Waals surface area (Å²) in [7, 11) is -2.15. The Hall–Kier alpha value is -2.45. The SMILES string of the molecule is COc1ccc(C(C)NC(=O)c2ccc(S(=O)(=O)N3CCCCC3)cc2)cc1F. The fourth-order valence-electron chi connectivity index (χ4n) is 3.35. The highest BCUT2D eigenvalue weighted by atomic mass is 32.2. The molecule has 2 aromatic carbocycles. The first-order valence-corrected chi connectivity index (χ1v) is 11.0. The maximum Gasteiger partial charge on any atom is 0.251 e. The number of piperidine rings is 1. The lowest BCUT2D eigenvalue weighted by molar-refractivity contribution is 0.0939. The zero-order chi connectivity index (χ0) is 21.0. The minimum Gasteiger partial charge on any atom is -0.494 e. The van der Waals surface area contributed by atoms with Crippen LogP contribution in [0.1, 0.15) is 48.1 Å². The fourth-order valence-corrected chi connectivity index (χ4v) is 4.86. The van der Waals surface area contributed by atoms with E-state index in [1.165, 1.54) is 47.8 Å². The number of carbonyl (C=O) groups excluding carboxylic acids is 1. The average Bonchev–Trinajstić information content (AvgIpc) is 2.74. The second-order valence-electron chi connectivity index (χ2n) is 7.08. The number of methoxy groups -OCH3 is 1. The van der Waals surface area contributed by atoms with Crippen LogP contribution in [0.25, 0.3) is 0 Å². The summed E-state index contributed by atoms with van der Waals surface area (Å²) in [5, 5.41) is 2.79. The average molecular weight is 421 g/mol. The molecular weight excluding hydrogens is 395 g/mol. The Morgan fingerprint density at radius 1 is 1.10 bits per heavy atom. The van der Waals surface area contributed by atoms with E-state index in [-0.39, 0.29) is 16.6 Å². The molecule has 1 saturated heterocycles. The third-order valence-electron chi connectivity index (χ3n) is 5.09. The van der Waals surface area contributed by atoms with E-state index in [1.54, 1.807) is 13.0 Å². The zero-order valence-corrected chi connectivity index (χ0v) is 17.3. The summed E-state index contributed by atoms with van der Waals surface area (Å²) in [4.78, 5) is 12.7. The third kappa shape index (κ3) is 4.76. The second-order valence-corrected chi connectivity index (χ2v) is 9.02. The molecule has 6 nitrogen and oxygen atoms in total. The van der Waals surface area contributed by atoms with Crippen molar-refractivity contribution >= 4 is 15.9 Å². The van der Waals surface area contributed by atoms with Gasteiger partial charge in [-0.2, -0.15) is 4.31 Å². The van der Waals surface area contributed by atoms with Gasteiger partial charge in [-0.1, -0.05) is 12.5 Å². The molecule has 1 amide bonds. The van der Waals surface area contributed by atoms with E-state index in [2.05, 4.69) is 5.32 Å². The van der Waals surface area contributed by atoms with Gasteiger partial charge in [-0.05, 0) is 61.7 Å². The smallest absolute Gasteiger partial charge is 0.251 e. The molecule has 0 aromatic heterocycles. The van der Waals surface area contributed by atoms with Crippen molar-refractivity contribution in [3.63, 3.8) is 0 Å². The molecule has 1 N–H and O–H groups in total. The number of hydrogen-bond donors (Lipinski definition) is 1. The minimum atomic E-state index is -3.53. The lowest BCUT2D eigenvalue weighted by Gasteiger charge is -2.25. The molecule has 1 heterocycles. The number of nitrogens with one attached hydrogen (secondary N) is 1. The summed E-state index contributed by atoms with van der Waals surface area (Å²) in [5.74, 6) is -0.730. The Bertz CT molecular complexity index is 971. The Morgan fingerprint density at radius 2 is 1.76 bits per heavy atom. The number of amides is 1. The number of halogens is 1. The van der Waals surface area contributed by atoms with Crippen molar-refractivity contribution in [2.45, 2.75) is 37.1 Å². The number of rotatable bonds is 6. The molecule has 0 bridgehead atoms. The van der Waals surface area contributed by atoms with Crippen LogP contribution in [0, 0.1) is 5.82 Å². The highest BCUT2D eigenvalue weighted by Crippen LogP contribution is 2.23. The summed E-state index contributed by atoms with van der Waals surface area (Å²) in [6.07, 6.45) is 2.77. The predicted octanol–water partition coefficient (Wildman–Crippen LogP) is 3.50.